The molecule has 0 fully saturated rings. The molecule has 0 radical (unpaired) electrons. The summed E-state index contributed by atoms with van der Waals surface area (Å²) < 4.78 is 10.2. The van der Waals surface area contributed by atoms with Crippen molar-refractivity contribution >= 4 is 35.2 Å². The van der Waals surface area contributed by atoms with E-state index in [0.717, 1.165) is 5.56 Å². The molecular formula is C27H21NO6. The minimum atomic E-state index is -1.08. The van der Waals surface area contributed by atoms with E-state index < -0.39 is 18.0 Å². The number of rotatable bonds is 6. The van der Waals surface area contributed by atoms with E-state index in [2.05, 4.69) is 5.32 Å². The molecule has 7 nitrogen and oxygen atoms in total. The molecule has 0 bridgehead atoms. The van der Waals surface area contributed by atoms with Crippen molar-refractivity contribution in [1.29, 1.82) is 0 Å². The third-order valence-electron chi connectivity index (χ3n) is 5.38. The van der Waals surface area contributed by atoms with Gasteiger partial charge >= 0.3 is 5.97 Å². The highest BCUT2D eigenvalue weighted by Gasteiger charge is 2.29. The summed E-state index contributed by atoms with van der Waals surface area (Å²) in [5.74, 6) is -1.08. The molecule has 0 heterocycles. The average Bonchev–Trinajstić information content (AvgIpc) is 2.86. The lowest BCUT2D eigenvalue weighted by Crippen LogP contribution is -2.29. The number of hydrogen-bond donors (Lipinski definition) is 1. The van der Waals surface area contributed by atoms with E-state index in [-0.39, 0.29) is 22.7 Å². The van der Waals surface area contributed by atoms with Crippen molar-refractivity contribution in [3.05, 3.63) is 101 Å². The first kappa shape index (κ1) is 22.7. The summed E-state index contributed by atoms with van der Waals surface area (Å²) in [6, 6.07) is 18.2. The van der Waals surface area contributed by atoms with Gasteiger partial charge in [0.05, 0.1) is 7.11 Å². The Balaban J connectivity index is 1.40. The van der Waals surface area contributed by atoms with Crippen LogP contribution in [0.15, 0.2) is 72.8 Å². The maximum absolute atomic E-state index is 12.8. The van der Waals surface area contributed by atoms with Crippen LogP contribution in [-0.2, 0) is 14.3 Å². The van der Waals surface area contributed by atoms with E-state index in [1.165, 1.54) is 31.2 Å². The fourth-order valence-corrected chi connectivity index (χ4v) is 3.57. The molecule has 1 aliphatic rings. The van der Waals surface area contributed by atoms with Crippen LogP contribution in [0.3, 0.4) is 0 Å². The number of hydrogen-bond acceptors (Lipinski definition) is 6. The van der Waals surface area contributed by atoms with Gasteiger partial charge in [0, 0.05) is 34.0 Å². The molecule has 0 spiro atoms. The van der Waals surface area contributed by atoms with Crippen LogP contribution < -0.4 is 10.1 Å². The van der Waals surface area contributed by atoms with Crippen LogP contribution in [0.2, 0.25) is 0 Å². The van der Waals surface area contributed by atoms with Crippen molar-refractivity contribution in [3.63, 3.8) is 0 Å². The molecule has 1 atom stereocenters. The summed E-state index contributed by atoms with van der Waals surface area (Å²) in [4.78, 5) is 50.2. The zero-order valence-electron chi connectivity index (χ0n) is 18.5. The fourth-order valence-electron chi connectivity index (χ4n) is 3.57. The number of nitrogens with one attached hydrogen (secondary N) is 1. The van der Waals surface area contributed by atoms with Gasteiger partial charge in [-0.3, -0.25) is 14.4 Å². The zero-order valence-corrected chi connectivity index (χ0v) is 18.5. The Morgan fingerprint density at radius 1 is 0.853 bits per heavy atom. The smallest absolute Gasteiger partial charge is 0.331 e. The summed E-state index contributed by atoms with van der Waals surface area (Å²) in [5, 5.41) is 2.63. The molecule has 34 heavy (non-hydrogen) atoms. The average molecular weight is 455 g/mol. The number of fused-ring (bicyclic) bond motifs is 2. The molecule has 0 aliphatic heterocycles. The molecule has 0 aromatic heterocycles. The van der Waals surface area contributed by atoms with Gasteiger partial charge in [-0.1, -0.05) is 36.4 Å². The van der Waals surface area contributed by atoms with Crippen molar-refractivity contribution < 1.29 is 28.7 Å². The second-order valence-corrected chi connectivity index (χ2v) is 7.64. The predicted octanol–water partition coefficient (Wildman–Crippen LogP) is 4.05. The third-order valence-corrected chi connectivity index (χ3v) is 5.38. The van der Waals surface area contributed by atoms with E-state index in [1.807, 2.05) is 0 Å². The van der Waals surface area contributed by atoms with Gasteiger partial charge in [-0.2, -0.15) is 0 Å². The first-order valence-electron chi connectivity index (χ1n) is 10.5. The highest BCUT2D eigenvalue weighted by atomic mass is 16.5. The van der Waals surface area contributed by atoms with Crippen molar-refractivity contribution in [1.82, 2.24) is 0 Å². The molecule has 4 rings (SSSR count). The lowest BCUT2D eigenvalue weighted by molar-refractivity contribution is -0.148. The quantitative estimate of drug-likeness (QED) is 0.348. The molecule has 1 aliphatic carbocycles. The summed E-state index contributed by atoms with van der Waals surface area (Å²) in [7, 11) is 1.56. The number of amides is 1. The van der Waals surface area contributed by atoms with Gasteiger partial charge in [-0.05, 0) is 48.9 Å². The number of carbonyl (C=O) groups is 4. The number of benzene rings is 3. The maximum Gasteiger partial charge on any atom is 0.331 e. The monoisotopic (exact) mass is 455 g/mol. The Bertz CT molecular complexity index is 1320. The molecule has 0 saturated heterocycles. The molecule has 0 saturated carbocycles. The van der Waals surface area contributed by atoms with E-state index in [9.17, 15) is 19.2 Å². The van der Waals surface area contributed by atoms with E-state index in [0.29, 0.717) is 22.6 Å². The molecule has 1 unspecified atom stereocenters. The Morgan fingerprint density at radius 2 is 1.47 bits per heavy atom. The summed E-state index contributed by atoms with van der Waals surface area (Å²) in [5.41, 5.74) is 2.28. The Kier molecular flexibility index (Phi) is 6.36. The van der Waals surface area contributed by atoms with Crippen LogP contribution >= 0.6 is 0 Å². The number of ketones is 2. The molecule has 3 aromatic rings. The Morgan fingerprint density at radius 3 is 2.12 bits per heavy atom. The highest BCUT2D eigenvalue weighted by Crippen LogP contribution is 2.29. The summed E-state index contributed by atoms with van der Waals surface area (Å²) in [6.07, 6.45) is 1.71. The zero-order chi connectivity index (χ0) is 24.2. The second-order valence-electron chi connectivity index (χ2n) is 7.64. The molecular weight excluding hydrogens is 434 g/mol. The van der Waals surface area contributed by atoms with Gasteiger partial charge in [0.15, 0.2) is 17.7 Å². The minimum Gasteiger partial charge on any atom is -0.497 e. The third kappa shape index (κ3) is 4.63. The maximum atomic E-state index is 12.8. The highest BCUT2D eigenvalue weighted by molar-refractivity contribution is 6.28. The minimum absolute atomic E-state index is 0.216. The van der Waals surface area contributed by atoms with Crippen LogP contribution in [0, 0.1) is 0 Å². The van der Waals surface area contributed by atoms with Crippen molar-refractivity contribution in [2.75, 3.05) is 12.4 Å². The standard InChI is InChI=1S/C27H21NO6/c1-16(34-24(29)14-9-17-7-11-19(33-2)12-8-17)27(32)28-18-10-13-22-23(15-18)26(31)21-6-4-3-5-20(21)25(22)30/h3-16H,1-2H3,(H,28,32)/b14-9+. The number of anilines is 1. The number of methoxy groups -OCH3 is 1. The number of ether oxygens (including phenoxy) is 2. The van der Waals surface area contributed by atoms with Gasteiger partial charge < -0.3 is 14.8 Å². The lowest BCUT2D eigenvalue weighted by atomic mass is 9.84. The molecule has 170 valence electrons. The largest absolute Gasteiger partial charge is 0.497 e. The number of carbonyl (C=O) groups excluding carboxylic acids is 4. The summed E-state index contributed by atoms with van der Waals surface area (Å²) in [6.45, 7) is 1.44. The van der Waals surface area contributed by atoms with Crippen LogP contribution in [-0.4, -0.2) is 36.7 Å². The second kappa shape index (κ2) is 9.54. The molecule has 7 heteroatoms. The summed E-state index contributed by atoms with van der Waals surface area (Å²) >= 11 is 0. The predicted molar refractivity (Wildman–Crippen MR) is 126 cm³/mol. The normalized spacial score (nSPS) is 13.1. The van der Waals surface area contributed by atoms with E-state index in [4.69, 9.17) is 9.47 Å². The van der Waals surface area contributed by atoms with Gasteiger partial charge in [-0.15, -0.1) is 0 Å². The van der Waals surface area contributed by atoms with Crippen LogP contribution in [0.25, 0.3) is 6.08 Å². The molecule has 1 N–H and O–H groups in total. The van der Waals surface area contributed by atoms with Crippen LogP contribution in [0.5, 0.6) is 5.75 Å². The van der Waals surface area contributed by atoms with Gasteiger partial charge in [0.2, 0.25) is 0 Å². The lowest BCUT2D eigenvalue weighted by Gasteiger charge is -2.18. The molecule has 1 amide bonds. The topological polar surface area (TPSA) is 98.8 Å². The van der Waals surface area contributed by atoms with Crippen molar-refractivity contribution in [2.45, 2.75) is 13.0 Å². The van der Waals surface area contributed by atoms with Crippen LogP contribution in [0.1, 0.15) is 44.3 Å². The SMILES string of the molecule is COc1ccc(/C=C/C(=O)OC(C)C(=O)Nc2ccc3c(c2)C(=O)c2ccccc2C3=O)cc1. The van der Waals surface area contributed by atoms with Crippen molar-refractivity contribution in [2.24, 2.45) is 0 Å². The van der Waals surface area contributed by atoms with Crippen LogP contribution in [0.4, 0.5) is 5.69 Å². The first-order chi connectivity index (χ1) is 16.4. The number of esters is 1. The first-order valence-corrected chi connectivity index (χ1v) is 10.5. The Labute approximate surface area is 196 Å². The van der Waals surface area contributed by atoms with Gasteiger partial charge in [-0.25, -0.2) is 4.79 Å². The van der Waals surface area contributed by atoms with Crippen molar-refractivity contribution in [3.8, 4) is 5.75 Å². The Hall–Kier alpha value is -4.52. The molecule has 3 aromatic carbocycles. The van der Waals surface area contributed by atoms with Gasteiger partial charge in [0.25, 0.3) is 5.91 Å². The van der Waals surface area contributed by atoms with Gasteiger partial charge in [0.1, 0.15) is 5.75 Å². The van der Waals surface area contributed by atoms with E-state index in [1.54, 1.807) is 61.7 Å². The van der Waals surface area contributed by atoms with E-state index >= 15 is 0 Å². The fraction of sp³-hybridized carbons (Fsp3) is 0.111.